The summed E-state index contributed by atoms with van der Waals surface area (Å²) in [5.41, 5.74) is 0.678. The molecule has 0 aliphatic carbocycles. The SMILES string of the molecule is CCc1cc2c(=O)n(Cc3nc(-c4cccc(OC)c4)no3)cnc2s1. The van der Waals surface area contributed by atoms with Crippen LogP contribution >= 0.6 is 11.3 Å². The molecule has 0 fully saturated rings. The molecular weight excluding hydrogens is 352 g/mol. The van der Waals surface area contributed by atoms with Crippen LogP contribution in [0.25, 0.3) is 21.6 Å². The van der Waals surface area contributed by atoms with Gasteiger partial charge in [-0.1, -0.05) is 24.2 Å². The second-order valence-corrected chi connectivity index (χ2v) is 6.82. The zero-order chi connectivity index (χ0) is 18.1. The summed E-state index contributed by atoms with van der Waals surface area (Å²) in [7, 11) is 1.60. The number of ether oxygens (including phenoxy) is 1. The van der Waals surface area contributed by atoms with E-state index in [0.717, 1.165) is 21.7 Å². The Morgan fingerprint density at radius 1 is 1.31 bits per heavy atom. The molecule has 3 heterocycles. The molecule has 0 aliphatic heterocycles. The van der Waals surface area contributed by atoms with Crippen molar-refractivity contribution in [1.82, 2.24) is 19.7 Å². The van der Waals surface area contributed by atoms with Crippen molar-refractivity contribution in [3.05, 3.63) is 57.8 Å². The van der Waals surface area contributed by atoms with Gasteiger partial charge in [-0.25, -0.2) is 4.98 Å². The molecule has 0 aliphatic rings. The zero-order valence-corrected chi connectivity index (χ0v) is 15.1. The Kier molecular flexibility index (Phi) is 4.26. The number of aryl methyl sites for hydroxylation is 1. The Morgan fingerprint density at radius 3 is 3.00 bits per heavy atom. The monoisotopic (exact) mass is 368 g/mol. The maximum Gasteiger partial charge on any atom is 0.262 e. The van der Waals surface area contributed by atoms with Crippen molar-refractivity contribution < 1.29 is 9.26 Å². The summed E-state index contributed by atoms with van der Waals surface area (Å²) in [4.78, 5) is 23.3. The van der Waals surface area contributed by atoms with E-state index in [1.807, 2.05) is 30.3 Å². The average Bonchev–Trinajstić information content (AvgIpc) is 3.31. The number of thiophene rings is 1. The molecule has 8 heteroatoms. The van der Waals surface area contributed by atoms with Gasteiger partial charge in [0.25, 0.3) is 5.56 Å². The highest BCUT2D eigenvalue weighted by Gasteiger charge is 2.13. The van der Waals surface area contributed by atoms with E-state index in [2.05, 4.69) is 22.0 Å². The summed E-state index contributed by atoms with van der Waals surface area (Å²) in [6.45, 7) is 2.23. The van der Waals surface area contributed by atoms with Crippen LogP contribution in [0.4, 0.5) is 0 Å². The van der Waals surface area contributed by atoms with E-state index in [0.29, 0.717) is 22.9 Å². The third-order valence-corrected chi connectivity index (χ3v) is 5.21. The highest BCUT2D eigenvalue weighted by atomic mass is 32.1. The molecule has 0 N–H and O–H groups in total. The van der Waals surface area contributed by atoms with Crippen LogP contribution in [0.2, 0.25) is 0 Å². The van der Waals surface area contributed by atoms with Crippen molar-refractivity contribution >= 4 is 21.6 Å². The van der Waals surface area contributed by atoms with E-state index in [4.69, 9.17) is 9.26 Å². The lowest BCUT2D eigenvalue weighted by Gasteiger charge is -2.01. The van der Waals surface area contributed by atoms with Gasteiger partial charge >= 0.3 is 0 Å². The van der Waals surface area contributed by atoms with Crippen LogP contribution in [0.3, 0.4) is 0 Å². The average molecular weight is 368 g/mol. The van der Waals surface area contributed by atoms with E-state index in [-0.39, 0.29) is 12.1 Å². The highest BCUT2D eigenvalue weighted by molar-refractivity contribution is 7.18. The largest absolute Gasteiger partial charge is 0.497 e. The topological polar surface area (TPSA) is 83.0 Å². The van der Waals surface area contributed by atoms with Crippen molar-refractivity contribution in [3.63, 3.8) is 0 Å². The molecule has 4 rings (SSSR count). The minimum absolute atomic E-state index is 0.105. The molecule has 26 heavy (non-hydrogen) atoms. The minimum Gasteiger partial charge on any atom is -0.497 e. The van der Waals surface area contributed by atoms with E-state index < -0.39 is 0 Å². The Morgan fingerprint density at radius 2 is 2.19 bits per heavy atom. The molecule has 1 aromatic carbocycles. The first-order valence-electron chi connectivity index (χ1n) is 8.13. The van der Waals surface area contributed by atoms with Gasteiger partial charge in [0.05, 0.1) is 18.8 Å². The Labute approximate surface area is 152 Å². The molecule has 0 radical (unpaired) electrons. The lowest BCUT2D eigenvalue weighted by molar-refractivity contribution is 0.369. The third-order valence-electron chi connectivity index (χ3n) is 4.02. The second kappa shape index (κ2) is 6.72. The fourth-order valence-electron chi connectivity index (χ4n) is 2.64. The Hall–Kier alpha value is -3.00. The summed E-state index contributed by atoms with van der Waals surface area (Å²) >= 11 is 1.54. The van der Waals surface area contributed by atoms with Gasteiger partial charge in [0.15, 0.2) is 0 Å². The number of nitrogens with zero attached hydrogens (tertiary/aromatic N) is 4. The quantitative estimate of drug-likeness (QED) is 0.538. The van der Waals surface area contributed by atoms with Gasteiger partial charge in [0.2, 0.25) is 11.7 Å². The van der Waals surface area contributed by atoms with E-state index >= 15 is 0 Å². The molecule has 0 unspecified atom stereocenters. The first kappa shape index (κ1) is 16.5. The van der Waals surface area contributed by atoms with Gasteiger partial charge in [0.1, 0.15) is 17.1 Å². The van der Waals surface area contributed by atoms with Crippen LogP contribution < -0.4 is 10.3 Å². The van der Waals surface area contributed by atoms with Gasteiger partial charge < -0.3 is 9.26 Å². The van der Waals surface area contributed by atoms with E-state index in [9.17, 15) is 4.79 Å². The lowest BCUT2D eigenvalue weighted by atomic mass is 10.2. The summed E-state index contributed by atoms with van der Waals surface area (Å²) in [5, 5.41) is 4.62. The molecule has 0 bridgehead atoms. The normalized spacial score (nSPS) is 11.2. The molecule has 0 amide bonds. The maximum absolute atomic E-state index is 12.6. The third kappa shape index (κ3) is 2.99. The first-order chi connectivity index (χ1) is 12.7. The molecule has 132 valence electrons. The Balaban J connectivity index is 1.64. The number of hydrogen-bond donors (Lipinski definition) is 0. The second-order valence-electron chi connectivity index (χ2n) is 5.71. The highest BCUT2D eigenvalue weighted by Crippen LogP contribution is 2.22. The number of benzene rings is 1. The summed E-state index contributed by atoms with van der Waals surface area (Å²) in [6.07, 6.45) is 2.41. The lowest BCUT2D eigenvalue weighted by Crippen LogP contribution is -2.20. The number of rotatable bonds is 5. The van der Waals surface area contributed by atoms with Crippen molar-refractivity contribution in [2.45, 2.75) is 19.9 Å². The zero-order valence-electron chi connectivity index (χ0n) is 14.3. The maximum atomic E-state index is 12.6. The smallest absolute Gasteiger partial charge is 0.262 e. The van der Waals surface area contributed by atoms with Crippen LogP contribution in [-0.2, 0) is 13.0 Å². The number of methoxy groups -OCH3 is 1. The van der Waals surface area contributed by atoms with Gasteiger partial charge in [-0.2, -0.15) is 4.98 Å². The van der Waals surface area contributed by atoms with Gasteiger partial charge in [-0.15, -0.1) is 11.3 Å². The predicted molar refractivity (Wildman–Crippen MR) is 98.6 cm³/mol. The van der Waals surface area contributed by atoms with Gasteiger partial charge in [-0.3, -0.25) is 9.36 Å². The molecule has 0 saturated carbocycles. The van der Waals surface area contributed by atoms with E-state index in [1.165, 1.54) is 10.9 Å². The van der Waals surface area contributed by atoms with Crippen LogP contribution in [0, 0.1) is 0 Å². The fourth-order valence-corrected chi connectivity index (χ4v) is 3.57. The number of hydrogen-bond acceptors (Lipinski definition) is 7. The Bertz CT molecular complexity index is 1130. The molecule has 0 atom stereocenters. The van der Waals surface area contributed by atoms with Crippen LogP contribution in [0.5, 0.6) is 5.75 Å². The van der Waals surface area contributed by atoms with E-state index in [1.54, 1.807) is 18.4 Å². The number of aromatic nitrogens is 4. The van der Waals surface area contributed by atoms with Crippen molar-refractivity contribution in [3.8, 4) is 17.1 Å². The molecule has 4 aromatic rings. The molecular formula is C18H16N4O3S. The molecule has 3 aromatic heterocycles. The standard InChI is InChI=1S/C18H16N4O3S/c1-3-13-8-14-17(26-13)19-10-22(18(14)23)9-15-20-16(21-25-15)11-5-4-6-12(7-11)24-2/h4-8,10H,3,9H2,1-2H3. The fraction of sp³-hybridized carbons (Fsp3) is 0.222. The predicted octanol–water partition coefficient (Wildman–Crippen LogP) is 3.13. The van der Waals surface area contributed by atoms with Crippen molar-refractivity contribution in [1.29, 1.82) is 0 Å². The molecule has 7 nitrogen and oxygen atoms in total. The molecule has 0 saturated heterocycles. The molecule has 0 spiro atoms. The minimum atomic E-state index is -0.105. The van der Waals surface area contributed by atoms with Crippen LogP contribution in [0.15, 0.2) is 46.0 Å². The van der Waals surface area contributed by atoms with Gasteiger partial charge in [-0.05, 0) is 24.6 Å². The number of fused-ring (bicyclic) bond motifs is 1. The first-order valence-corrected chi connectivity index (χ1v) is 8.94. The van der Waals surface area contributed by atoms with Crippen molar-refractivity contribution in [2.24, 2.45) is 0 Å². The summed E-state index contributed by atoms with van der Waals surface area (Å²) in [6, 6.07) is 9.30. The van der Waals surface area contributed by atoms with Crippen molar-refractivity contribution in [2.75, 3.05) is 7.11 Å². The summed E-state index contributed by atoms with van der Waals surface area (Å²) < 4.78 is 12.0. The summed E-state index contributed by atoms with van der Waals surface area (Å²) in [5.74, 6) is 1.51. The van der Waals surface area contributed by atoms with Crippen LogP contribution in [0.1, 0.15) is 17.7 Å². The van der Waals surface area contributed by atoms with Crippen LogP contribution in [-0.4, -0.2) is 26.8 Å². The van der Waals surface area contributed by atoms with Gasteiger partial charge in [0, 0.05) is 10.4 Å².